The highest BCUT2D eigenvalue weighted by Gasteiger charge is 2.05. The predicted molar refractivity (Wildman–Crippen MR) is 71.1 cm³/mol. The number of benzene rings is 1. The number of thioether (sulfide) groups is 1. The standard InChI is InChI=1S/C11H16N2OS.ClH/c1-9(7-12)13-11(14)8-15-10-5-3-2-4-6-10;/h2-6,9H,7-8,12H2,1H3,(H,13,14);1H/t9-;/m0./s1. The Morgan fingerprint density at radius 2 is 2.06 bits per heavy atom. The van der Waals surface area contributed by atoms with E-state index in [2.05, 4.69) is 5.32 Å². The van der Waals surface area contributed by atoms with Crippen LogP contribution in [-0.2, 0) is 4.79 Å². The highest BCUT2D eigenvalue weighted by atomic mass is 35.5. The molecule has 0 fully saturated rings. The minimum Gasteiger partial charge on any atom is -0.352 e. The normalized spacial score (nSPS) is 11.4. The third kappa shape index (κ3) is 6.00. The number of halogens is 1. The molecule has 0 aromatic heterocycles. The predicted octanol–water partition coefficient (Wildman–Crippen LogP) is 1.66. The van der Waals surface area contributed by atoms with Gasteiger partial charge < -0.3 is 11.1 Å². The zero-order valence-electron chi connectivity index (χ0n) is 9.18. The largest absolute Gasteiger partial charge is 0.352 e. The first kappa shape index (κ1) is 15.3. The summed E-state index contributed by atoms with van der Waals surface area (Å²) < 4.78 is 0. The molecule has 0 saturated carbocycles. The number of nitrogens with two attached hydrogens (primary N) is 1. The van der Waals surface area contributed by atoms with Crippen molar-refractivity contribution in [2.75, 3.05) is 12.3 Å². The Morgan fingerprint density at radius 3 is 2.62 bits per heavy atom. The van der Waals surface area contributed by atoms with Crippen molar-refractivity contribution in [2.24, 2.45) is 5.73 Å². The smallest absolute Gasteiger partial charge is 0.230 e. The minimum absolute atomic E-state index is 0. The quantitative estimate of drug-likeness (QED) is 0.792. The average molecular weight is 261 g/mol. The Hall–Kier alpha value is -0.710. The lowest BCUT2D eigenvalue weighted by Gasteiger charge is -2.10. The van der Waals surface area contributed by atoms with E-state index in [1.165, 1.54) is 11.8 Å². The molecule has 3 N–H and O–H groups in total. The van der Waals surface area contributed by atoms with Crippen molar-refractivity contribution in [3.05, 3.63) is 30.3 Å². The van der Waals surface area contributed by atoms with Crippen LogP contribution in [0, 0.1) is 0 Å². The third-order valence-corrected chi connectivity index (χ3v) is 2.89. The van der Waals surface area contributed by atoms with Gasteiger partial charge in [0.15, 0.2) is 0 Å². The number of amides is 1. The van der Waals surface area contributed by atoms with Gasteiger partial charge in [0.25, 0.3) is 0 Å². The fourth-order valence-electron chi connectivity index (χ4n) is 1.04. The summed E-state index contributed by atoms with van der Waals surface area (Å²) in [5, 5.41) is 2.82. The van der Waals surface area contributed by atoms with E-state index in [0.29, 0.717) is 12.3 Å². The van der Waals surface area contributed by atoms with E-state index >= 15 is 0 Å². The van der Waals surface area contributed by atoms with Crippen LogP contribution < -0.4 is 11.1 Å². The average Bonchev–Trinajstić information content (AvgIpc) is 2.27. The van der Waals surface area contributed by atoms with Gasteiger partial charge in [0.1, 0.15) is 0 Å². The van der Waals surface area contributed by atoms with Crippen molar-refractivity contribution in [3.63, 3.8) is 0 Å². The van der Waals surface area contributed by atoms with Crippen LogP contribution in [0.2, 0.25) is 0 Å². The SMILES string of the molecule is C[C@@H](CN)NC(=O)CSc1ccccc1.Cl. The number of hydrogen-bond donors (Lipinski definition) is 2. The van der Waals surface area contributed by atoms with Crippen LogP contribution >= 0.6 is 24.2 Å². The Kier molecular flexibility index (Phi) is 8.07. The summed E-state index contributed by atoms with van der Waals surface area (Å²) in [6.45, 7) is 2.37. The van der Waals surface area contributed by atoms with E-state index in [9.17, 15) is 4.79 Å². The summed E-state index contributed by atoms with van der Waals surface area (Å²) in [4.78, 5) is 12.5. The van der Waals surface area contributed by atoms with Gasteiger partial charge in [-0.05, 0) is 19.1 Å². The van der Waals surface area contributed by atoms with Crippen molar-refractivity contribution < 1.29 is 4.79 Å². The highest BCUT2D eigenvalue weighted by Crippen LogP contribution is 2.16. The van der Waals surface area contributed by atoms with Gasteiger partial charge in [-0.15, -0.1) is 24.2 Å². The summed E-state index contributed by atoms with van der Waals surface area (Å²) in [5.41, 5.74) is 5.41. The zero-order valence-corrected chi connectivity index (χ0v) is 10.8. The van der Waals surface area contributed by atoms with Gasteiger partial charge in [0.05, 0.1) is 5.75 Å². The van der Waals surface area contributed by atoms with E-state index in [1.807, 2.05) is 37.3 Å². The monoisotopic (exact) mass is 260 g/mol. The van der Waals surface area contributed by atoms with Gasteiger partial charge in [-0.2, -0.15) is 0 Å². The number of nitrogens with one attached hydrogen (secondary N) is 1. The molecule has 0 bridgehead atoms. The van der Waals surface area contributed by atoms with Crippen molar-refractivity contribution >= 4 is 30.1 Å². The second-order valence-electron chi connectivity index (χ2n) is 3.31. The maximum atomic E-state index is 11.4. The molecule has 0 spiro atoms. The molecule has 1 rings (SSSR count). The number of carbonyl (C=O) groups excluding carboxylic acids is 1. The lowest BCUT2D eigenvalue weighted by molar-refractivity contribution is -0.119. The first-order valence-corrected chi connectivity index (χ1v) is 5.88. The van der Waals surface area contributed by atoms with Crippen LogP contribution in [0.4, 0.5) is 0 Å². The van der Waals surface area contributed by atoms with Gasteiger partial charge in [0.2, 0.25) is 5.91 Å². The van der Waals surface area contributed by atoms with E-state index in [4.69, 9.17) is 5.73 Å². The van der Waals surface area contributed by atoms with Gasteiger partial charge >= 0.3 is 0 Å². The highest BCUT2D eigenvalue weighted by molar-refractivity contribution is 8.00. The minimum atomic E-state index is 0. The second kappa shape index (κ2) is 8.44. The van der Waals surface area contributed by atoms with Gasteiger partial charge in [-0.1, -0.05) is 18.2 Å². The fraction of sp³-hybridized carbons (Fsp3) is 0.364. The molecule has 0 heterocycles. The van der Waals surface area contributed by atoms with E-state index in [1.54, 1.807) is 0 Å². The van der Waals surface area contributed by atoms with E-state index in [0.717, 1.165) is 4.90 Å². The maximum Gasteiger partial charge on any atom is 0.230 e. The maximum absolute atomic E-state index is 11.4. The molecule has 0 unspecified atom stereocenters. The summed E-state index contributed by atoms with van der Waals surface area (Å²) in [7, 11) is 0. The molecule has 0 aliphatic rings. The molecule has 90 valence electrons. The molecule has 1 aromatic carbocycles. The van der Waals surface area contributed by atoms with E-state index < -0.39 is 0 Å². The van der Waals surface area contributed by atoms with Crippen molar-refractivity contribution in [1.29, 1.82) is 0 Å². The van der Waals surface area contributed by atoms with Crippen LogP contribution in [-0.4, -0.2) is 24.2 Å². The first-order chi connectivity index (χ1) is 7.22. The summed E-state index contributed by atoms with van der Waals surface area (Å²) in [5.74, 6) is 0.468. The zero-order chi connectivity index (χ0) is 11.1. The lowest BCUT2D eigenvalue weighted by Crippen LogP contribution is -2.38. The van der Waals surface area contributed by atoms with E-state index in [-0.39, 0.29) is 24.4 Å². The Balaban J connectivity index is 0.00000225. The number of carbonyl (C=O) groups is 1. The lowest BCUT2D eigenvalue weighted by atomic mass is 10.3. The Labute approximate surface area is 107 Å². The summed E-state index contributed by atoms with van der Waals surface area (Å²) in [6, 6.07) is 9.91. The number of rotatable bonds is 5. The second-order valence-corrected chi connectivity index (χ2v) is 4.35. The Morgan fingerprint density at radius 1 is 1.44 bits per heavy atom. The molecular formula is C11H17ClN2OS. The summed E-state index contributed by atoms with van der Waals surface area (Å²) >= 11 is 1.53. The molecule has 0 saturated heterocycles. The van der Waals surface area contributed by atoms with Crippen LogP contribution in [0.5, 0.6) is 0 Å². The molecule has 0 aliphatic carbocycles. The summed E-state index contributed by atoms with van der Waals surface area (Å²) in [6.07, 6.45) is 0. The number of hydrogen-bond acceptors (Lipinski definition) is 3. The van der Waals surface area contributed by atoms with Gasteiger partial charge in [-0.25, -0.2) is 0 Å². The molecule has 0 radical (unpaired) electrons. The van der Waals surface area contributed by atoms with Gasteiger partial charge in [-0.3, -0.25) is 4.79 Å². The molecule has 5 heteroatoms. The van der Waals surface area contributed by atoms with Crippen molar-refractivity contribution in [2.45, 2.75) is 17.9 Å². The van der Waals surface area contributed by atoms with Crippen LogP contribution in [0.3, 0.4) is 0 Å². The first-order valence-electron chi connectivity index (χ1n) is 4.89. The molecule has 1 atom stereocenters. The topological polar surface area (TPSA) is 55.1 Å². The molecule has 0 aliphatic heterocycles. The Bertz CT molecular complexity index is 308. The van der Waals surface area contributed by atoms with Crippen molar-refractivity contribution in [3.8, 4) is 0 Å². The van der Waals surface area contributed by atoms with Crippen molar-refractivity contribution in [1.82, 2.24) is 5.32 Å². The molecule has 16 heavy (non-hydrogen) atoms. The molecular weight excluding hydrogens is 244 g/mol. The van der Waals surface area contributed by atoms with Gasteiger partial charge in [0, 0.05) is 17.5 Å². The fourth-order valence-corrected chi connectivity index (χ4v) is 1.77. The molecule has 3 nitrogen and oxygen atoms in total. The molecule has 1 amide bonds. The third-order valence-electron chi connectivity index (χ3n) is 1.87. The van der Waals surface area contributed by atoms with Crippen LogP contribution in [0.1, 0.15) is 6.92 Å². The van der Waals surface area contributed by atoms with Crippen LogP contribution in [0.25, 0.3) is 0 Å². The molecule has 1 aromatic rings. The van der Waals surface area contributed by atoms with Crippen LogP contribution in [0.15, 0.2) is 35.2 Å².